The monoisotopic (exact) mass is 278 g/mol. The number of aryl methyl sites for hydroxylation is 2. The summed E-state index contributed by atoms with van der Waals surface area (Å²) >= 11 is 1.83. The summed E-state index contributed by atoms with van der Waals surface area (Å²) in [6.45, 7) is 5.56. The number of nitrogens with one attached hydrogen (secondary N) is 2. The van der Waals surface area contributed by atoms with Gasteiger partial charge in [-0.15, -0.1) is 0 Å². The number of benzene rings is 1. The molecule has 2 N–H and O–H groups in total. The highest BCUT2D eigenvalue weighted by Gasteiger charge is 2.23. The summed E-state index contributed by atoms with van der Waals surface area (Å²) < 4.78 is 3.67. The summed E-state index contributed by atoms with van der Waals surface area (Å²) in [7, 11) is 2.05. The second-order valence-electron chi connectivity index (χ2n) is 5.62. The SMILES string of the molecule is CCc1cc(C)ccc1SNC1CCC(CNC)C1. The molecule has 2 atom stereocenters. The molecule has 0 aliphatic heterocycles. The Morgan fingerprint density at radius 1 is 1.32 bits per heavy atom. The van der Waals surface area contributed by atoms with E-state index >= 15 is 0 Å². The molecule has 0 heterocycles. The molecule has 0 amide bonds. The van der Waals surface area contributed by atoms with Crippen molar-refractivity contribution in [3.8, 4) is 0 Å². The van der Waals surface area contributed by atoms with E-state index in [0.717, 1.165) is 18.9 Å². The van der Waals surface area contributed by atoms with E-state index < -0.39 is 0 Å². The first-order valence-electron chi connectivity index (χ1n) is 7.39. The maximum absolute atomic E-state index is 3.67. The van der Waals surface area contributed by atoms with Crippen LogP contribution in [0.3, 0.4) is 0 Å². The van der Waals surface area contributed by atoms with Gasteiger partial charge in [-0.1, -0.05) is 24.6 Å². The lowest BCUT2D eigenvalue weighted by atomic mass is 10.1. The molecule has 106 valence electrons. The predicted octanol–water partition coefficient (Wildman–Crippen LogP) is 3.54. The van der Waals surface area contributed by atoms with E-state index in [9.17, 15) is 0 Å². The lowest BCUT2D eigenvalue weighted by Gasteiger charge is -2.14. The Bertz CT molecular complexity index is 406. The fourth-order valence-electron chi connectivity index (χ4n) is 2.89. The summed E-state index contributed by atoms with van der Waals surface area (Å²) in [5.74, 6) is 0.853. The molecule has 0 aromatic heterocycles. The van der Waals surface area contributed by atoms with Gasteiger partial charge < -0.3 is 5.32 Å². The van der Waals surface area contributed by atoms with Gasteiger partial charge in [-0.25, -0.2) is 0 Å². The van der Waals surface area contributed by atoms with E-state index in [0.29, 0.717) is 6.04 Å². The lowest BCUT2D eigenvalue weighted by Crippen LogP contribution is -2.22. The van der Waals surface area contributed by atoms with Gasteiger partial charge in [0, 0.05) is 10.9 Å². The van der Waals surface area contributed by atoms with Crippen molar-refractivity contribution in [2.75, 3.05) is 13.6 Å². The van der Waals surface area contributed by atoms with Crippen molar-refractivity contribution in [2.45, 2.75) is 50.5 Å². The molecule has 19 heavy (non-hydrogen) atoms. The van der Waals surface area contributed by atoms with Crippen molar-refractivity contribution < 1.29 is 0 Å². The van der Waals surface area contributed by atoms with Gasteiger partial charge in [-0.05, 0) is 75.7 Å². The van der Waals surface area contributed by atoms with E-state index in [4.69, 9.17) is 0 Å². The number of hydrogen-bond donors (Lipinski definition) is 2. The summed E-state index contributed by atoms with van der Waals surface area (Å²) in [6, 6.07) is 7.45. The molecular weight excluding hydrogens is 252 g/mol. The van der Waals surface area contributed by atoms with Gasteiger partial charge in [-0.2, -0.15) is 0 Å². The van der Waals surface area contributed by atoms with Crippen LogP contribution in [-0.2, 0) is 6.42 Å². The molecule has 1 aliphatic rings. The molecule has 2 rings (SSSR count). The average Bonchev–Trinajstić information content (AvgIpc) is 2.85. The van der Waals surface area contributed by atoms with Crippen molar-refractivity contribution in [1.29, 1.82) is 0 Å². The quantitative estimate of drug-likeness (QED) is 0.778. The first-order valence-corrected chi connectivity index (χ1v) is 8.21. The van der Waals surface area contributed by atoms with Gasteiger partial charge in [-0.3, -0.25) is 4.72 Å². The molecule has 0 radical (unpaired) electrons. The summed E-state index contributed by atoms with van der Waals surface area (Å²) in [5.41, 5.74) is 2.82. The Balaban J connectivity index is 1.86. The average molecular weight is 278 g/mol. The predicted molar refractivity (Wildman–Crippen MR) is 84.6 cm³/mol. The van der Waals surface area contributed by atoms with Gasteiger partial charge in [0.1, 0.15) is 0 Å². The Labute approximate surface area is 121 Å². The third-order valence-corrected chi connectivity index (χ3v) is 5.04. The van der Waals surface area contributed by atoms with Crippen LogP contribution in [-0.4, -0.2) is 19.6 Å². The third-order valence-electron chi connectivity index (χ3n) is 3.97. The standard InChI is InChI=1S/C16H26N2S/c1-4-14-9-12(2)5-8-16(14)19-18-15-7-6-13(10-15)11-17-3/h5,8-9,13,15,17-18H,4,6-7,10-11H2,1-3H3. The van der Waals surface area contributed by atoms with E-state index in [2.05, 4.69) is 49.1 Å². The van der Waals surface area contributed by atoms with Gasteiger partial charge >= 0.3 is 0 Å². The summed E-state index contributed by atoms with van der Waals surface area (Å²) in [5, 5.41) is 3.29. The Hall–Kier alpha value is -0.510. The number of rotatable bonds is 6. The zero-order valence-electron chi connectivity index (χ0n) is 12.3. The van der Waals surface area contributed by atoms with Crippen LogP contribution >= 0.6 is 11.9 Å². The van der Waals surface area contributed by atoms with Crippen LogP contribution < -0.4 is 10.0 Å². The molecule has 1 aliphatic carbocycles. The molecular formula is C16H26N2S. The Morgan fingerprint density at radius 3 is 2.89 bits per heavy atom. The third kappa shape index (κ3) is 4.23. The van der Waals surface area contributed by atoms with Crippen molar-refractivity contribution in [1.82, 2.24) is 10.0 Å². The minimum Gasteiger partial charge on any atom is -0.319 e. The van der Waals surface area contributed by atoms with Crippen LogP contribution in [0.1, 0.15) is 37.3 Å². The minimum absolute atomic E-state index is 0.675. The number of hydrogen-bond acceptors (Lipinski definition) is 3. The molecule has 1 aromatic carbocycles. The van der Waals surface area contributed by atoms with Gasteiger partial charge in [0.15, 0.2) is 0 Å². The van der Waals surface area contributed by atoms with Crippen LogP contribution in [0.5, 0.6) is 0 Å². The zero-order valence-corrected chi connectivity index (χ0v) is 13.1. The van der Waals surface area contributed by atoms with Crippen molar-refractivity contribution in [3.63, 3.8) is 0 Å². The van der Waals surface area contributed by atoms with Crippen LogP contribution in [0.4, 0.5) is 0 Å². The Kier molecular flexibility index (Phi) is 5.74. The highest BCUT2D eigenvalue weighted by atomic mass is 32.2. The van der Waals surface area contributed by atoms with Crippen molar-refractivity contribution in [2.24, 2.45) is 5.92 Å². The molecule has 2 unspecified atom stereocenters. The maximum Gasteiger partial charge on any atom is 0.0260 e. The van der Waals surface area contributed by atoms with Crippen LogP contribution in [0.25, 0.3) is 0 Å². The maximum atomic E-state index is 3.67. The van der Waals surface area contributed by atoms with E-state index in [1.165, 1.54) is 35.3 Å². The van der Waals surface area contributed by atoms with E-state index in [1.54, 1.807) is 0 Å². The first kappa shape index (κ1) is 14.9. The highest BCUT2D eigenvalue weighted by molar-refractivity contribution is 7.97. The molecule has 1 fully saturated rings. The van der Waals surface area contributed by atoms with Crippen LogP contribution in [0.15, 0.2) is 23.1 Å². The topological polar surface area (TPSA) is 24.1 Å². The van der Waals surface area contributed by atoms with Crippen LogP contribution in [0.2, 0.25) is 0 Å². The molecule has 3 heteroatoms. The second kappa shape index (κ2) is 7.32. The van der Waals surface area contributed by atoms with Gasteiger partial charge in [0.25, 0.3) is 0 Å². The molecule has 1 aromatic rings. The molecule has 0 bridgehead atoms. The molecule has 1 saturated carbocycles. The fraction of sp³-hybridized carbons (Fsp3) is 0.625. The first-order chi connectivity index (χ1) is 9.22. The summed E-state index contributed by atoms with van der Waals surface area (Å²) in [6.07, 6.45) is 5.08. The largest absolute Gasteiger partial charge is 0.319 e. The van der Waals surface area contributed by atoms with E-state index in [-0.39, 0.29) is 0 Å². The van der Waals surface area contributed by atoms with E-state index in [1.807, 2.05) is 11.9 Å². The highest BCUT2D eigenvalue weighted by Crippen LogP contribution is 2.29. The van der Waals surface area contributed by atoms with Crippen LogP contribution in [0, 0.1) is 12.8 Å². The van der Waals surface area contributed by atoms with Crippen molar-refractivity contribution in [3.05, 3.63) is 29.3 Å². The van der Waals surface area contributed by atoms with Gasteiger partial charge in [0.2, 0.25) is 0 Å². The van der Waals surface area contributed by atoms with Crippen molar-refractivity contribution >= 4 is 11.9 Å². The molecule has 0 saturated heterocycles. The lowest BCUT2D eigenvalue weighted by molar-refractivity contribution is 0.503. The smallest absolute Gasteiger partial charge is 0.0260 e. The fourth-order valence-corrected chi connectivity index (χ4v) is 3.87. The molecule has 2 nitrogen and oxygen atoms in total. The minimum atomic E-state index is 0.675. The second-order valence-corrected chi connectivity index (χ2v) is 6.50. The zero-order chi connectivity index (χ0) is 13.7. The molecule has 0 spiro atoms. The normalized spacial score (nSPS) is 22.9. The van der Waals surface area contributed by atoms with Gasteiger partial charge in [0.05, 0.1) is 0 Å². The summed E-state index contributed by atoms with van der Waals surface area (Å²) in [4.78, 5) is 1.39. The Morgan fingerprint density at radius 2 is 2.16 bits per heavy atom.